The van der Waals surface area contributed by atoms with Gasteiger partial charge in [0.1, 0.15) is 23.9 Å². The molecule has 1 fully saturated rings. The third kappa shape index (κ3) is 11.2. The maximum absolute atomic E-state index is 13.5. The zero-order valence-electron chi connectivity index (χ0n) is 22.5. The van der Waals surface area contributed by atoms with Crippen LogP contribution in [0.25, 0.3) is 0 Å². The summed E-state index contributed by atoms with van der Waals surface area (Å²) in [6.07, 6.45) is 2.26. The highest BCUT2D eigenvalue weighted by molar-refractivity contribution is 5.94. The number of hydrogen-bond acceptors (Lipinski definition) is 7. The highest BCUT2D eigenvalue weighted by Gasteiger charge is 2.31. The van der Waals surface area contributed by atoms with Crippen molar-refractivity contribution in [3.8, 4) is 5.75 Å². The molecule has 1 aromatic carbocycles. The molecule has 13 heteroatoms. The fourth-order valence-electron chi connectivity index (χ4n) is 4.27. The number of guanidine groups is 1. The lowest BCUT2D eigenvalue weighted by Crippen LogP contribution is -2.57. The van der Waals surface area contributed by atoms with Crippen molar-refractivity contribution in [2.45, 2.75) is 76.5 Å². The molecule has 216 valence electrons. The first kappa shape index (κ1) is 31.3. The number of aliphatic carboxylic acids is 1. The fourth-order valence-corrected chi connectivity index (χ4v) is 4.27. The minimum absolute atomic E-state index is 0.00964. The van der Waals surface area contributed by atoms with Crippen molar-refractivity contribution in [1.29, 1.82) is 0 Å². The predicted octanol–water partition coefficient (Wildman–Crippen LogP) is -0.675. The molecule has 39 heavy (non-hydrogen) atoms. The maximum atomic E-state index is 13.5. The molecule has 1 heterocycles. The molecule has 4 unspecified atom stereocenters. The Morgan fingerprint density at radius 2 is 1.67 bits per heavy atom. The third-order valence-electron chi connectivity index (χ3n) is 6.29. The lowest BCUT2D eigenvalue weighted by molar-refractivity contribution is -0.142. The van der Waals surface area contributed by atoms with Crippen LogP contribution in [-0.2, 0) is 25.6 Å². The minimum atomic E-state index is -1.18. The van der Waals surface area contributed by atoms with Crippen molar-refractivity contribution >= 4 is 29.7 Å². The Kier molecular flexibility index (Phi) is 12.5. The number of aromatic hydroxyl groups is 1. The summed E-state index contributed by atoms with van der Waals surface area (Å²) in [6, 6.07) is 2.56. The Labute approximate surface area is 228 Å². The van der Waals surface area contributed by atoms with E-state index in [4.69, 9.17) is 11.5 Å². The molecule has 1 aliphatic rings. The van der Waals surface area contributed by atoms with Gasteiger partial charge in [0.05, 0.1) is 6.04 Å². The summed E-state index contributed by atoms with van der Waals surface area (Å²) in [7, 11) is 0. The summed E-state index contributed by atoms with van der Waals surface area (Å²) in [4.78, 5) is 55.1. The number of phenols is 1. The number of carboxylic acids is 1. The number of amides is 3. The average molecular weight is 548 g/mol. The third-order valence-corrected chi connectivity index (χ3v) is 6.29. The van der Waals surface area contributed by atoms with Gasteiger partial charge < -0.3 is 42.9 Å². The van der Waals surface area contributed by atoms with Crippen molar-refractivity contribution in [1.82, 2.24) is 21.3 Å². The number of carbonyl (C=O) groups is 4. The number of benzene rings is 1. The molecule has 10 N–H and O–H groups in total. The van der Waals surface area contributed by atoms with E-state index in [0.717, 1.165) is 6.42 Å². The largest absolute Gasteiger partial charge is 0.508 e. The molecule has 1 aliphatic heterocycles. The molecule has 3 amide bonds. The monoisotopic (exact) mass is 547 g/mol. The maximum Gasteiger partial charge on any atom is 0.326 e. The molecular weight excluding hydrogens is 506 g/mol. The van der Waals surface area contributed by atoms with Gasteiger partial charge in [-0.3, -0.25) is 19.4 Å². The van der Waals surface area contributed by atoms with Gasteiger partial charge >= 0.3 is 5.97 Å². The van der Waals surface area contributed by atoms with E-state index < -0.39 is 42.0 Å². The molecule has 0 aliphatic carbocycles. The van der Waals surface area contributed by atoms with Crippen LogP contribution in [0.1, 0.15) is 51.5 Å². The van der Waals surface area contributed by atoms with Crippen molar-refractivity contribution < 1.29 is 29.4 Å². The SMILES string of the molecule is CC(C)CC(NC(=O)C(CCCN=C(N)N)NC(=O)C(Cc1ccc(O)cc1)NC(=O)C1CCCN1)C(=O)O. The van der Waals surface area contributed by atoms with E-state index in [9.17, 15) is 29.4 Å². The first-order valence-electron chi connectivity index (χ1n) is 13.2. The number of nitrogens with zero attached hydrogens (tertiary/aromatic N) is 1. The molecule has 2 rings (SSSR count). The van der Waals surface area contributed by atoms with Crippen LogP contribution in [0.3, 0.4) is 0 Å². The molecule has 0 aromatic heterocycles. The normalized spacial score (nSPS) is 17.1. The van der Waals surface area contributed by atoms with Crippen molar-refractivity contribution in [3.05, 3.63) is 29.8 Å². The zero-order chi connectivity index (χ0) is 28.9. The van der Waals surface area contributed by atoms with Crippen molar-refractivity contribution in [3.63, 3.8) is 0 Å². The van der Waals surface area contributed by atoms with Crippen LogP contribution < -0.4 is 32.7 Å². The van der Waals surface area contributed by atoms with Crippen LogP contribution in [0.15, 0.2) is 29.3 Å². The van der Waals surface area contributed by atoms with Gasteiger partial charge in [0.2, 0.25) is 17.7 Å². The van der Waals surface area contributed by atoms with Gasteiger partial charge in [-0.2, -0.15) is 0 Å². The van der Waals surface area contributed by atoms with Crippen molar-refractivity contribution in [2.75, 3.05) is 13.1 Å². The zero-order valence-corrected chi connectivity index (χ0v) is 22.5. The van der Waals surface area contributed by atoms with Crippen LogP contribution >= 0.6 is 0 Å². The molecule has 0 radical (unpaired) electrons. The Morgan fingerprint density at radius 3 is 2.23 bits per heavy atom. The van der Waals surface area contributed by atoms with E-state index in [1.807, 2.05) is 13.8 Å². The molecule has 1 aromatic rings. The van der Waals surface area contributed by atoms with Gasteiger partial charge in [-0.15, -0.1) is 0 Å². The van der Waals surface area contributed by atoms with Crippen molar-refractivity contribution in [2.24, 2.45) is 22.4 Å². The van der Waals surface area contributed by atoms with Gasteiger partial charge in [-0.1, -0.05) is 26.0 Å². The number of hydrogen-bond donors (Lipinski definition) is 8. The highest BCUT2D eigenvalue weighted by atomic mass is 16.4. The van der Waals surface area contributed by atoms with Gasteiger partial charge in [0.15, 0.2) is 5.96 Å². The lowest BCUT2D eigenvalue weighted by atomic mass is 10.0. The quantitative estimate of drug-likeness (QED) is 0.0791. The highest BCUT2D eigenvalue weighted by Crippen LogP contribution is 2.13. The number of carboxylic acid groups (broad SMARTS) is 1. The van der Waals surface area contributed by atoms with E-state index in [2.05, 4.69) is 26.3 Å². The first-order chi connectivity index (χ1) is 18.5. The molecule has 4 atom stereocenters. The summed E-state index contributed by atoms with van der Waals surface area (Å²) in [5.74, 6) is -2.81. The number of carbonyl (C=O) groups excluding carboxylic acids is 3. The summed E-state index contributed by atoms with van der Waals surface area (Å²) in [5, 5.41) is 30.2. The predicted molar refractivity (Wildman–Crippen MR) is 146 cm³/mol. The van der Waals surface area contributed by atoms with Crippen LogP contribution in [-0.4, -0.2) is 77.1 Å². The van der Waals surface area contributed by atoms with Gasteiger partial charge in [-0.05, 0) is 62.3 Å². The summed E-state index contributed by atoms with van der Waals surface area (Å²) >= 11 is 0. The number of nitrogens with two attached hydrogens (primary N) is 2. The van der Waals surface area contributed by atoms with Gasteiger partial charge in [-0.25, -0.2) is 4.79 Å². The van der Waals surface area contributed by atoms with Crippen LogP contribution in [0.2, 0.25) is 0 Å². The van der Waals surface area contributed by atoms with E-state index in [0.29, 0.717) is 24.9 Å². The molecule has 0 spiro atoms. The Balaban J connectivity index is 2.22. The Morgan fingerprint density at radius 1 is 1.03 bits per heavy atom. The fraction of sp³-hybridized carbons (Fsp3) is 0.577. The Hall–Kier alpha value is -3.87. The standard InChI is InChI=1S/C26H41N7O6/c1-15(2)13-21(25(38)39)33-23(36)19(6-4-12-30-26(27)28)31-24(37)20(14-16-7-9-17(34)10-8-16)32-22(35)18-5-3-11-29-18/h7-10,15,18-21,29,34H,3-6,11-14H2,1-2H3,(H,31,37)(H,32,35)(H,33,36)(H,38,39)(H4,27,28,30). The number of phenolic OH excluding ortho intramolecular Hbond substituents is 1. The Bertz CT molecular complexity index is 1000. The number of nitrogens with one attached hydrogen (secondary N) is 4. The second-order valence-corrected chi connectivity index (χ2v) is 10.1. The van der Waals surface area contributed by atoms with E-state index in [-0.39, 0.29) is 49.3 Å². The van der Waals surface area contributed by atoms with Crippen LogP contribution in [0.4, 0.5) is 0 Å². The van der Waals surface area contributed by atoms with E-state index in [1.54, 1.807) is 12.1 Å². The first-order valence-corrected chi connectivity index (χ1v) is 13.2. The summed E-state index contributed by atoms with van der Waals surface area (Å²) in [5.41, 5.74) is 11.4. The summed E-state index contributed by atoms with van der Waals surface area (Å²) < 4.78 is 0. The molecule has 13 nitrogen and oxygen atoms in total. The van der Waals surface area contributed by atoms with Gasteiger partial charge in [0.25, 0.3) is 0 Å². The second kappa shape index (κ2) is 15.5. The molecule has 1 saturated heterocycles. The van der Waals surface area contributed by atoms with Crippen LogP contribution in [0.5, 0.6) is 5.75 Å². The van der Waals surface area contributed by atoms with E-state index in [1.165, 1.54) is 12.1 Å². The van der Waals surface area contributed by atoms with E-state index >= 15 is 0 Å². The second-order valence-electron chi connectivity index (χ2n) is 10.1. The number of rotatable bonds is 15. The molecular formula is C26H41N7O6. The lowest BCUT2D eigenvalue weighted by Gasteiger charge is -2.25. The average Bonchev–Trinajstić information content (AvgIpc) is 3.41. The topological polar surface area (TPSA) is 221 Å². The number of aliphatic imine (C=N–C) groups is 1. The summed E-state index contributed by atoms with van der Waals surface area (Å²) in [6.45, 7) is 4.59. The molecule has 0 saturated carbocycles. The smallest absolute Gasteiger partial charge is 0.326 e. The molecule has 0 bridgehead atoms. The van der Waals surface area contributed by atoms with Gasteiger partial charge in [0, 0.05) is 13.0 Å². The minimum Gasteiger partial charge on any atom is -0.508 e. The van der Waals surface area contributed by atoms with Crippen LogP contribution in [0, 0.1) is 5.92 Å².